The number of carboxylic acids is 1. The molecule has 3 rings (SSSR count). The molecule has 0 radical (unpaired) electrons. The predicted octanol–water partition coefficient (Wildman–Crippen LogP) is 3.27. The molecule has 0 fully saturated rings. The average Bonchev–Trinajstić information content (AvgIpc) is 2.93. The van der Waals surface area contributed by atoms with Crippen molar-refractivity contribution in [3.8, 4) is 0 Å². The van der Waals surface area contributed by atoms with E-state index in [0.29, 0.717) is 23.4 Å². The summed E-state index contributed by atoms with van der Waals surface area (Å²) in [5.74, 6) is -0.689. The van der Waals surface area contributed by atoms with Crippen molar-refractivity contribution in [1.82, 2.24) is 0 Å². The molecule has 4 nitrogen and oxygen atoms in total. The Morgan fingerprint density at radius 2 is 1.78 bits per heavy atom. The molecule has 0 saturated heterocycles. The Morgan fingerprint density at radius 1 is 1.13 bits per heavy atom. The Kier molecular flexibility index (Phi) is 4.00. The van der Waals surface area contributed by atoms with Crippen LogP contribution in [-0.2, 0) is 16.1 Å². The van der Waals surface area contributed by atoms with Crippen LogP contribution in [0.3, 0.4) is 0 Å². The molecule has 23 heavy (non-hydrogen) atoms. The molecule has 0 spiro atoms. The minimum Gasteiger partial charge on any atom is -0.479 e. The summed E-state index contributed by atoms with van der Waals surface area (Å²) in [5.41, 5.74) is 8.74. The summed E-state index contributed by atoms with van der Waals surface area (Å²) in [7, 11) is 0. The summed E-state index contributed by atoms with van der Waals surface area (Å²) in [6.45, 7) is 4.38. The fourth-order valence-electron chi connectivity index (χ4n) is 2.66. The van der Waals surface area contributed by atoms with Gasteiger partial charge < -0.3 is 15.6 Å². The van der Waals surface area contributed by atoms with Crippen LogP contribution in [0.4, 0.5) is 0 Å². The molecule has 1 aliphatic heterocycles. The van der Waals surface area contributed by atoms with Crippen molar-refractivity contribution in [3.63, 3.8) is 0 Å². The SMILES string of the molecule is C=C1C(C(=O)O)=C(c2ccc(CN)cc2)OC1c1ccccc1. The minimum atomic E-state index is -1.04. The maximum Gasteiger partial charge on any atom is 0.339 e. The second-order valence-electron chi connectivity index (χ2n) is 5.34. The molecule has 4 heteroatoms. The highest BCUT2D eigenvalue weighted by Crippen LogP contribution is 2.43. The van der Waals surface area contributed by atoms with Gasteiger partial charge in [-0.05, 0) is 11.1 Å². The molecule has 3 N–H and O–H groups in total. The highest BCUT2D eigenvalue weighted by molar-refractivity contribution is 6.01. The first kappa shape index (κ1) is 15.1. The molecular formula is C19H17NO3. The van der Waals surface area contributed by atoms with E-state index in [4.69, 9.17) is 10.5 Å². The predicted molar refractivity (Wildman–Crippen MR) is 88.3 cm³/mol. The quantitative estimate of drug-likeness (QED) is 0.909. The monoisotopic (exact) mass is 307 g/mol. The molecule has 0 aromatic heterocycles. The van der Waals surface area contributed by atoms with E-state index < -0.39 is 12.1 Å². The van der Waals surface area contributed by atoms with E-state index in [1.807, 2.05) is 54.6 Å². The van der Waals surface area contributed by atoms with Gasteiger partial charge in [0.2, 0.25) is 0 Å². The molecule has 116 valence electrons. The van der Waals surface area contributed by atoms with Gasteiger partial charge in [-0.3, -0.25) is 0 Å². The number of rotatable bonds is 4. The summed E-state index contributed by atoms with van der Waals surface area (Å²) >= 11 is 0. The molecule has 1 atom stereocenters. The van der Waals surface area contributed by atoms with Crippen LogP contribution < -0.4 is 5.73 Å². The topological polar surface area (TPSA) is 72.5 Å². The molecule has 2 aromatic carbocycles. The van der Waals surface area contributed by atoms with E-state index in [9.17, 15) is 9.90 Å². The van der Waals surface area contributed by atoms with Gasteiger partial charge in [-0.2, -0.15) is 0 Å². The standard InChI is InChI=1S/C19H17NO3/c1-12-16(19(21)22)18(15-9-7-13(11-20)8-10-15)23-17(12)14-5-3-2-4-6-14/h2-10,17H,1,11,20H2,(H,21,22). The van der Waals surface area contributed by atoms with Gasteiger partial charge in [-0.15, -0.1) is 0 Å². The van der Waals surface area contributed by atoms with Gasteiger partial charge in [0.1, 0.15) is 17.4 Å². The third kappa shape index (κ3) is 2.76. The van der Waals surface area contributed by atoms with Crippen molar-refractivity contribution >= 4 is 11.7 Å². The Morgan fingerprint density at radius 3 is 2.35 bits per heavy atom. The van der Waals surface area contributed by atoms with Crippen LogP contribution in [0, 0.1) is 0 Å². The number of ether oxygens (including phenoxy) is 1. The van der Waals surface area contributed by atoms with Gasteiger partial charge in [0, 0.05) is 17.7 Å². The molecule has 1 unspecified atom stereocenters. The summed E-state index contributed by atoms with van der Waals surface area (Å²) in [6.07, 6.45) is -0.480. The molecule has 0 bridgehead atoms. The highest BCUT2D eigenvalue weighted by atomic mass is 16.5. The number of nitrogens with two attached hydrogens (primary N) is 1. The molecular weight excluding hydrogens is 290 g/mol. The number of aliphatic carboxylic acids is 1. The molecule has 0 aliphatic carbocycles. The summed E-state index contributed by atoms with van der Waals surface area (Å²) in [4.78, 5) is 11.7. The molecule has 0 amide bonds. The lowest BCUT2D eigenvalue weighted by atomic mass is 9.97. The van der Waals surface area contributed by atoms with E-state index in [2.05, 4.69) is 6.58 Å². The van der Waals surface area contributed by atoms with E-state index in [1.165, 1.54) is 0 Å². The molecule has 0 saturated carbocycles. The number of carbonyl (C=O) groups is 1. The highest BCUT2D eigenvalue weighted by Gasteiger charge is 2.35. The Balaban J connectivity index is 2.02. The van der Waals surface area contributed by atoms with Gasteiger partial charge in [0.15, 0.2) is 0 Å². The number of benzene rings is 2. The van der Waals surface area contributed by atoms with E-state index in [1.54, 1.807) is 0 Å². The van der Waals surface area contributed by atoms with Crippen molar-refractivity contribution < 1.29 is 14.6 Å². The first-order valence-corrected chi connectivity index (χ1v) is 7.29. The van der Waals surface area contributed by atoms with Gasteiger partial charge >= 0.3 is 5.97 Å². The zero-order valence-corrected chi connectivity index (χ0v) is 12.5. The van der Waals surface area contributed by atoms with Crippen LogP contribution in [-0.4, -0.2) is 11.1 Å². The smallest absolute Gasteiger partial charge is 0.339 e. The van der Waals surface area contributed by atoms with Gasteiger partial charge in [-0.25, -0.2) is 4.79 Å². The van der Waals surface area contributed by atoms with Gasteiger partial charge in [0.05, 0.1) is 0 Å². The largest absolute Gasteiger partial charge is 0.479 e. The van der Waals surface area contributed by atoms with Crippen molar-refractivity contribution in [1.29, 1.82) is 0 Å². The fraction of sp³-hybridized carbons (Fsp3) is 0.105. The normalized spacial score (nSPS) is 17.3. The third-order valence-corrected chi connectivity index (χ3v) is 3.87. The van der Waals surface area contributed by atoms with Gasteiger partial charge in [-0.1, -0.05) is 61.2 Å². The van der Waals surface area contributed by atoms with E-state index in [-0.39, 0.29) is 5.57 Å². The second-order valence-corrected chi connectivity index (χ2v) is 5.34. The Labute approximate surface area is 134 Å². The van der Waals surface area contributed by atoms with Crippen LogP contribution in [0.1, 0.15) is 22.8 Å². The first-order chi connectivity index (χ1) is 11.1. The summed E-state index contributed by atoms with van der Waals surface area (Å²) < 4.78 is 5.96. The van der Waals surface area contributed by atoms with Crippen molar-refractivity contribution in [3.05, 3.63) is 89.0 Å². The maximum atomic E-state index is 11.7. The van der Waals surface area contributed by atoms with Crippen molar-refractivity contribution in [2.24, 2.45) is 5.73 Å². The van der Waals surface area contributed by atoms with Crippen LogP contribution in [0.5, 0.6) is 0 Å². The zero-order valence-electron chi connectivity index (χ0n) is 12.5. The number of hydrogen-bond donors (Lipinski definition) is 2. The van der Waals surface area contributed by atoms with Crippen LogP contribution in [0.25, 0.3) is 5.76 Å². The number of hydrogen-bond acceptors (Lipinski definition) is 3. The Hall–Kier alpha value is -2.85. The average molecular weight is 307 g/mol. The lowest BCUT2D eigenvalue weighted by molar-refractivity contribution is -0.132. The first-order valence-electron chi connectivity index (χ1n) is 7.29. The lowest BCUT2D eigenvalue weighted by Crippen LogP contribution is -2.04. The van der Waals surface area contributed by atoms with E-state index >= 15 is 0 Å². The summed E-state index contributed by atoms with van der Waals surface area (Å²) in [5, 5.41) is 9.56. The summed E-state index contributed by atoms with van der Waals surface area (Å²) in [6, 6.07) is 16.8. The fourth-order valence-corrected chi connectivity index (χ4v) is 2.66. The molecule has 1 aliphatic rings. The van der Waals surface area contributed by atoms with E-state index in [0.717, 1.165) is 11.1 Å². The number of carboxylic acid groups (broad SMARTS) is 1. The minimum absolute atomic E-state index is 0.124. The van der Waals surface area contributed by atoms with Gasteiger partial charge in [0.25, 0.3) is 0 Å². The third-order valence-electron chi connectivity index (χ3n) is 3.87. The zero-order chi connectivity index (χ0) is 16.4. The van der Waals surface area contributed by atoms with Crippen LogP contribution in [0.15, 0.2) is 72.3 Å². The van der Waals surface area contributed by atoms with Crippen LogP contribution in [0.2, 0.25) is 0 Å². The second kappa shape index (κ2) is 6.10. The van der Waals surface area contributed by atoms with Crippen molar-refractivity contribution in [2.45, 2.75) is 12.6 Å². The maximum absolute atomic E-state index is 11.7. The molecule has 2 aromatic rings. The van der Waals surface area contributed by atoms with Crippen molar-refractivity contribution in [2.75, 3.05) is 0 Å². The Bertz CT molecular complexity index is 776. The molecule has 1 heterocycles. The lowest BCUT2D eigenvalue weighted by Gasteiger charge is -2.14. The van der Waals surface area contributed by atoms with Crippen LogP contribution >= 0.6 is 0 Å².